The number of aryl methyl sites for hydroxylation is 1. The first kappa shape index (κ1) is 15.7. The van der Waals surface area contributed by atoms with E-state index in [4.69, 9.17) is 16.3 Å². The molecule has 1 heterocycles. The lowest BCUT2D eigenvalue weighted by Gasteiger charge is -2.24. The van der Waals surface area contributed by atoms with Crippen molar-refractivity contribution in [1.82, 2.24) is 0 Å². The molecule has 1 N–H and O–H groups in total. The summed E-state index contributed by atoms with van der Waals surface area (Å²) >= 11 is 6.12. The van der Waals surface area contributed by atoms with Crippen LogP contribution in [0.1, 0.15) is 18.1 Å². The summed E-state index contributed by atoms with van der Waals surface area (Å²) in [6.07, 6.45) is 0.861. The van der Waals surface area contributed by atoms with Crippen LogP contribution in [0.25, 0.3) is 0 Å². The average Bonchev–Trinajstić information content (AvgIpc) is 2.86. The fourth-order valence-corrected chi connectivity index (χ4v) is 3.13. The van der Waals surface area contributed by atoms with Gasteiger partial charge in [0.2, 0.25) is 0 Å². The van der Waals surface area contributed by atoms with Crippen molar-refractivity contribution < 1.29 is 9.53 Å². The molecule has 0 aromatic heterocycles. The maximum atomic E-state index is 12.8. The minimum Gasteiger partial charge on any atom is -0.495 e. The highest BCUT2D eigenvalue weighted by atomic mass is 35.5. The Kier molecular flexibility index (Phi) is 4.18. The number of carbonyl (C=O) groups excluding carboxylic acids is 1. The number of amides is 2. The van der Waals surface area contributed by atoms with Gasteiger partial charge in [0.1, 0.15) is 5.75 Å². The van der Waals surface area contributed by atoms with Crippen molar-refractivity contribution in [2.24, 2.45) is 0 Å². The molecule has 0 spiro atoms. The van der Waals surface area contributed by atoms with Crippen molar-refractivity contribution in [1.29, 1.82) is 0 Å². The monoisotopic (exact) mass is 330 g/mol. The number of fused-ring (bicyclic) bond motifs is 1. The molecule has 1 aliphatic heterocycles. The highest BCUT2D eigenvalue weighted by Gasteiger charge is 2.31. The van der Waals surface area contributed by atoms with E-state index in [0.29, 0.717) is 16.5 Å². The Balaban J connectivity index is 1.90. The van der Waals surface area contributed by atoms with Gasteiger partial charge in [-0.3, -0.25) is 4.90 Å². The van der Waals surface area contributed by atoms with Crippen LogP contribution in [0, 0.1) is 6.92 Å². The van der Waals surface area contributed by atoms with Crippen molar-refractivity contribution in [3.63, 3.8) is 0 Å². The van der Waals surface area contributed by atoms with Crippen molar-refractivity contribution in [2.45, 2.75) is 26.3 Å². The highest BCUT2D eigenvalue weighted by molar-refractivity contribution is 6.31. The molecule has 3 rings (SSSR count). The molecule has 0 saturated heterocycles. The average molecular weight is 331 g/mol. The zero-order valence-corrected chi connectivity index (χ0v) is 14.1. The zero-order chi connectivity index (χ0) is 16.6. The first-order valence-electron chi connectivity index (χ1n) is 7.53. The van der Waals surface area contributed by atoms with Crippen LogP contribution in [0.4, 0.5) is 16.2 Å². The normalized spacial score (nSPS) is 16.2. The molecule has 1 unspecified atom stereocenters. The Hall–Kier alpha value is -2.20. The van der Waals surface area contributed by atoms with Crippen LogP contribution in [-0.4, -0.2) is 19.2 Å². The number of anilines is 2. The quantitative estimate of drug-likeness (QED) is 0.871. The fraction of sp³-hybridized carbons (Fsp3) is 0.278. The summed E-state index contributed by atoms with van der Waals surface area (Å²) in [6, 6.07) is 11.5. The maximum absolute atomic E-state index is 12.8. The van der Waals surface area contributed by atoms with Crippen molar-refractivity contribution in [3.8, 4) is 5.75 Å². The molecule has 0 aliphatic carbocycles. The van der Waals surface area contributed by atoms with Gasteiger partial charge in [0, 0.05) is 22.8 Å². The van der Waals surface area contributed by atoms with Crippen LogP contribution < -0.4 is 15.0 Å². The van der Waals surface area contributed by atoms with Crippen molar-refractivity contribution in [3.05, 3.63) is 52.5 Å². The second-order valence-corrected chi connectivity index (χ2v) is 6.19. The smallest absolute Gasteiger partial charge is 0.326 e. The molecule has 120 valence electrons. The summed E-state index contributed by atoms with van der Waals surface area (Å²) < 4.78 is 5.32. The lowest BCUT2D eigenvalue weighted by Crippen LogP contribution is -2.39. The van der Waals surface area contributed by atoms with E-state index in [1.807, 2.05) is 38.1 Å². The SMILES string of the molecule is COc1cc(Cl)c(C)cc1NC(=O)N1c2ccccc2CC1C. The number of nitrogens with zero attached hydrogens (tertiary/aromatic N) is 1. The molecule has 1 aliphatic rings. The van der Waals surface area contributed by atoms with E-state index in [9.17, 15) is 4.79 Å². The number of methoxy groups -OCH3 is 1. The van der Waals surface area contributed by atoms with Crippen LogP contribution in [0.2, 0.25) is 5.02 Å². The summed E-state index contributed by atoms with van der Waals surface area (Å²) in [7, 11) is 1.56. The Bertz CT molecular complexity index is 761. The number of nitrogens with one attached hydrogen (secondary N) is 1. The van der Waals surface area contributed by atoms with Crippen LogP contribution in [0.3, 0.4) is 0 Å². The van der Waals surface area contributed by atoms with Crippen LogP contribution in [0.5, 0.6) is 5.75 Å². The number of hydrogen-bond acceptors (Lipinski definition) is 2. The van der Waals surface area contributed by atoms with E-state index in [1.54, 1.807) is 18.1 Å². The summed E-state index contributed by atoms with van der Waals surface area (Å²) in [5.74, 6) is 0.550. The molecule has 4 nitrogen and oxygen atoms in total. The topological polar surface area (TPSA) is 41.6 Å². The summed E-state index contributed by atoms with van der Waals surface area (Å²) in [5, 5.41) is 3.56. The largest absolute Gasteiger partial charge is 0.495 e. The fourth-order valence-electron chi connectivity index (χ4n) is 2.98. The number of urea groups is 1. The van der Waals surface area contributed by atoms with Gasteiger partial charge in [0.25, 0.3) is 0 Å². The second-order valence-electron chi connectivity index (χ2n) is 5.78. The number of hydrogen-bond donors (Lipinski definition) is 1. The molecule has 0 radical (unpaired) electrons. The molecule has 5 heteroatoms. The van der Waals surface area contributed by atoms with E-state index >= 15 is 0 Å². The van der Waals surface area contributed by atoms with Gasteiger partial charge < -0.3 is 10.1 Å². The summed E-state index contributed by atoms with van der Waals surface area (Å²) in [6.45, 7) is 3.94. The van der Waals surface area contributed by atoms with Gasteiger partial charge in [0.15, 0.2) is 0 Å². The molecule has 2 amide bonds. The van der Waals surface area contributed by atoms with Gasteiger partial charge in [-0.25, -0.2) is 4.79 Å². The number of carbonyl (C=O) groups is 1. The predicted molar refractivity (Wildman–Crippen MR) is 93.8 cm³/mol. The van der Waals surface area contributed by atoms with Crippen molar-refractivity contribution in [2.75, 3.05) is 17.3 Å². The third-order valence-corrected chi connectivity index (χ3v) is 4.56. The lowest BCUT2D eigenvalue weighted by atomic mass is 10.1. The summed E-state index contributed by atoms with van der Waals surface area (Å²) in [4.78, 5) is 14.6. The Morgan fingerprint density at radius 3 is 2.83 bits per heavy atom. The van der Waals surface area contributed by atoms with Gasteiger partial charge in [-0.05, 0) is 43.5 Å². The minimum atomic E-state index is -0.164. The minimum absolute atomic E-state index is 0.117. The molecule has 23 heavy (non-hydrogen) atoms. The standard InChI is InChI=1S/C18H19ClN2O2/c1-11-8-15(17(23-3)10-14(11)19)20-18(22)21-12(2)9-13-6-4-5-7-16(13)21/h4-8,10,12H,9H2,1-3H3,(H,20,22). The molecular formula is C18H19ClN2O2. The zero-order valence-electron chi connectivity index (χ0n) is 13.4. The highest BCUT2D eigenvalue weighted by Crippen LogP contribution is 2.34. The van der Waals surface area contributed by atoms with Gasteiger partial charge in [-0.2, -0.15) is 0 Å². The molecule has 1 atom stereocenters. The molecule has 0 fully saturated rings. The van der Waals surface area contributed by atoms with Crippen molar-refractivity contribution >= 4 is 29.0 Å². The van der Waals surface area contributed by atoms with E-state index in [1.165, 1.54) is 5.56 Å². The first-order chi connectivity index (χ1) is 11.0. The third kappa shape index (κ3) is 2.86. The van der Waals surface area contributed by atoms with Gasteiger partial charge in [-0.15, -0.1) is 0 Å². The molecule has 0 bridgehead atoms. The number of para-hydroxylation sites is 1. The van der Waals surface area contributed by atoms with E-state index in [0.717, 1.165) is 17.7 Å². The van der Waals surface area contributed by atoms with Gasteiger partial charge in [-0.1, -0.05) is 29.8 Å². The third-order valence-electron chi connectivity index (χ3n) is 4.15. The summed E-state index contributed by atoms with van der Waals surface area (Å²) in [5.41, 5.74) is 3.66. The lowest BCUT2D eigenvalue weighted by molar-refractivity contribution is 0.255. The molecule has 2 aromatic carbocycles. The Morgan fingerprint density at radius 1 is 1.35 bits per heavy atom. The number of rotatable bonds is 2. The van der Waals surface area contributed by atoms with Gasteiger partial charge >= 0.3 is 6.03 Å². The number of halogens is 1. The second kappa shape index (κ2) is 6.13. The van der Waals surface area contributed by atoms with E-state index < -0.39 is 0 Å². The number of ether oxygens (including phenoxy) is 1. The van der Waals surface area contributed by atoms with Crippen LogP contribution >= 0.6 is 11.6 Å². The predicted octanol–water partition coefficient (Wildman–Crippen LogP) is 4.64. The maximum Gasteiger partial charge on any atom is 0.326 e. The Morgan fingerprint density at radius 2 is 2.09 bits per heavy atom. The Labute approximate surface area is 141 Å². The molecule has 2 aromatic rings. The van der Waals surface area contributed by atoms with E-state index in [-0.39, 0.29) is 12.1 Å². The molecule has 0 saturated carbocycles. The van der Waals surface area contributed by atoms with Gasteiger partial charge in [0.05, 0.1) is 12.8 Å². The van der Waals surface area contributed by atoms with Crippen LogP contribution in [0.15, 0.2) is 36.4 Å². The first-order valence-corrected chi connectivity index (χ1v) is 7.91. The van der Waals surface area contributed by atoms with Crippen LogP contribution in [-0.2, 0) is 6.42 Å². The van der Waals surface area contributed by atoms with E-state index in [2.05, 4.69) is 11.4 Å². The molecular weight excluding hydrogens is 312 g/mol. The number of benzene rings is 2.